The van der Waals surface area contributed by atoms with Crippen LogP contribution in [0.25, 0.3) is 60.8 Å². The SMILES string of the molecule is CCCCCCCCn1c2cc(-c3cc(C(=O)OC)c(-c4ccc5c(c4)/C(=C4/CC6C4C4C6C6C7C8C9CCC9C8C7C46)c4cc(C6OCCO6)ccc4-5)cc3C(=O)OC)ccc2c2ccc(N(c3ccccc3)c3ccccc3)cc21. The monoisotopic (exact) mass is 1080 g/mol. The molecule has 7 aromatic carbocycles. The third-order valence-corrected chi connectivity index (χ3v) is 22.6. The van der Waals surface area contributed by atoms with Gasteiger partial charge in [0.05, 0.1) is 44.1 Å². The van der Waals surface area contributed by atoms with Gasteiger partial charge in [0.1, 0.15) is 0 Å². The van der Waals surface area contributed by atoms with E-state index in [-0.39, 0.29) is 6.29 Å². The van der Waals surface area contributed by atoms with Gasteiger partial charge >= 0.3 is 11.9 Å². The van der Waals surface area contributed by atoms with Crippen LogP contribution in [0.1, 0.15) is 108 Å². The number of carbonyl (C=O) groups excluding carboxylic acids is 2. The number of unbranched alkanes of at least 4 members (excludes halogenated alkanes) is 5. The van der Waals surface area contributed by atoms with Gasteiger partial charge in [-0.15, -0.1) is 0 Å². The first kappa shape index (κ1) is 49.4. The lowest BCUT2D eigenvalue weighted by atomic mass is 9.13. The zero-order valence-electron chi connectivity index (χ0n) is 47.2. The Kier molecular flexibility index (Phi) is 11.4. The zero-order chi connectivity index (χ0) is 54.6. The molecule has 82 heavy (non-hydrogen) atoms. The molecule has 17 rings (SSSR count). The summed E-state index contributed by atoms with van der Waals surface area (Å²) in [6.45, 7) is 4.29. The maximum atomic E-state index is 14.4. The highest BCUT2D eigenvalue weighted by atomic mass is 16.7. The summed E-state index contributed by atoms with van der Waals surface area (Å²) in [7, 11) is 2.89. The van der Waals surface area contributed by atoms with Gasteiger partial charge in [0, 0.05) is 45.5 Å². The summed E-state index contributed by atoms with van der Waals surface area (Å²) in [4.78, 5) is 31.1. The lowest BCUT2D eigenvalue weighted by molar-refractivity contribution is -0.434. The number of nitrogens with zero attached hydrogens (tertiary/aromatic N) is 2. The summed E-state index contributed by atoms with van der Waals surface area (Å²) >= 11 is 0. The molecular formula is C74H70N2O6. The quantitative estimate of drug-likeness (QED) is 0.0575. The number of allylic oxidation sites excluding steroid dienone is 1. The molecule has 12 unspecified atom stereocenters. The van der Waals surface area contributed by atoms with Gasteiger partial charge in [0.15, 0.2) is 6.29 Å². The predicted octanol–water partition coefficient (Wildman–Crippen LogP) is 17.0. The number of methoxy groups -OCH3 is 2. The third kappa shape index (κ3) is 6.91. The van der Waals surface area contributed by atoms with Crippen molar-refractivity contribution in [3.63, 3.8) is 0 Å². The average Bonchev–Trinajstić information content (AvgIpc) is 0.689. The number of esters is 2. The minimum absolute atomic E-state index is 0.368. The summed E-state index contributed by atoms with van der Waals surface area (Å²) in [6, 6.07) is 51.7. The fourth-order valence-corrected chi connectivity index (χ4v) is 19.1. The Bertz CT molecular complexity index is 3940. The Morgan fingerprint density at radius 2 is 1.06 bits per heavy atom. The Balaban J connectivity index is 0.773. The maximum Gasteiger partial charge on any atom is 0.338 e. The van der Waals surface area contributed by atoms with E-state index in [0.29, 0.717) is 41.4 Å². The van der Waals surface area contributed by atoms with Crippen LogP contribution >= 0.6 is 0 Å². The third-order valence-electron chi connectivity index (χ3n) is 22.6. The van der Waals surface area contributed by atoms with Crippen molar-refractivity contribution >= 4 is 56.4 Å². The van der Waals surface area contributed by atoms with Gasteiger partial charge in [-0.2, -0.15) is 0 Å². The van der Waals surface area contributed by atoms with Crippen LogP contribution in [0.5, 0.6) is 0 Å². The van der Waals surface area contributed by atoms with E-state index in [9.17, 15) is 9.59 Å². The number of hydrogen-bond donors (Lipinski definition) is 0. The van der Waals surface area contributed by atoms with Crippen molar-refractivity contribution in [2.75, 3.05) is 32.3 Å². The molecule has 1 aliphatic heterocycles. The number of anilines is 3. The van der Waals surface area contributed by atoms with Crippen LogP contribution < -0.4 is 4.90 Å². The maximum absolute atomic E-state index is 14.4. The molecule has 8 heteroatoms. The summed E-state index contributed by atoms with van der Waals surface area (Å²) in [5, 5.41) is 2.30. The van der Waals surface area contributed by atoms with Gasteiger partial charge in [-0.25, -0.2) is 9.59 Å². The number of aromatic nitrogens is 1. The van der Waals surface area contributed by atoms with Gasteiger partial charge in [0.25, 0.3) is 0 Å². The van der Waals surface area contributed by atoms with Gasteiger partial charge < -0.3 is 28.4 Å². The van der Waals surface area contributed by atoms with Crippen molar-refractivity contribution in [1.29, 1.82) is 0 Å². The Morgan fingerprint density at radius 3 is 1.70 bits per heavy atom. The molecule has 0 amide bonds. The molecule has 0 bridgehead atoms. The number of rotatable bonds is 15. The van der Waals surface area contributed by atoms with Crippen LogP contribution in [0.15, 0.2) is 151 Å². The van der Waals surface area contributed by atoms with E-state index < -0.39 is 11.9 Å². The molecule has 0 spiro atoms. The number of aryl methyl sites for hydroxylation is 1. The van der Waals surface area contributed by atoms with Gasteiger partial charge in [0.2, 0.25) is 0 Å². The Morgan fingerprint density at radius 1 is 0.512 bits per heavy atom. The first-order chi connectivity index (χ1) is 40.4. The molecule has 7 saturated carbocycles. The molecule has 1 saturated heterocycles. The van der Waals surface area contributed by atoms with E-state index in [0.717, 1.165) is 135 Å². The van der Waals surface area contributed by atoms with Crippen LogP contribution in [0, 0.1) is 71.0 Å². The molecule has 0 N–H and O–H groups in total. The van der Waals surface area contributed by atoms with Gasteiger partial charge in [-0.1, -0.05) is 123 Å². The molecule has 8 fully saturated rings. The van der Waals surface area contributed by atoms with E-state index in [1.165, 1.54) is 92.4 Å². The lowest BCUT2D eigenvalue weighted by Gasteiger charge is -2.91. The standard InChI is InChI=1S/C74H70N2O6/c1-4-5-6-7-8-15-30-75-60-35-41(21-26-48(60)49-27-23-45(36-61(49)75)76(43-16-11-9-12-17-43)44-18-13-10-14-19-44)53-38-56(72(77)79-2)52(37-57(53)73(78)80-3)40-20-24-46-47-25-22-42(74-81-31-32-82-74)34-55(47)62(54(46)33-40)58-39-59-63(58)67-66(59)70-68-64-50-28-29-51(50)65(64)69(68)71(67)70/h9-14,16-27,33-38,50-51,59,63-71,74H,4-8,15,28-32,39H2,1-3H3/b62-58+. The highest BCUT2D eigenvalue weighted by molar-refractivity contribution is 6.12. The second kappa shape index (κ2) is 18.9. The van der Waals surface area contributed by atoms with Crippen LogP contribution in [0.4, 0.5) is 17.1 Å². The fourth-order valence-electron chi connectivity index (χ4n) is 19.1. The van der Waals surface area contributed by atoms with E-state index >= 15 is 0 Å². The molecule has 8 aromatic rings. The van der Waals surface area contributed by atoms with Crippen LogP contribution in [-0.4, -0.2) is 43.9 Å². The van der Waals surface area contributed by atoms with Crippen LogP contribution in [0.3, 0.4) is 0 Å². The molecule has 412 valence electrons. The summed E-state index contributed by atoms with van der Waals surface area (Å²) in [5.74, 6) is 10.6. The van der Waals surface area contributed by atoms with Crippen molar-refractivity contribution < 1.29 is 28.5 Å². The molecule has 0 radical (unpaired) electrons. The number of ether oxygens (including phenoxy) is 4. The molecule has 8 aliphatic carbocycles. The Hall–Kier alpha value is -7.26. The molecular weight excluding hydrogens is 1010 g/mol. The minimum Gasteiger partial charge on any atom is -0.465 e. The van der Waals surface area contributed by atoms with Crippen molar-refractivity contribution in [3.05, 3.63) is 179 Å². The van der Waals surface area contributed by atoms with Crippen molar-refractivity contribution in [3.8, 4) is 33.4 Å². The second-order valence-corrected chi connectivity index (χ2v) is 25.7. The van der Waals surface area contributed by atoms with E-state index in [4.69, 9.17) is 18.9 Å². The van der Waals surface area contributed by atoms with Crippen LogP contribution in [0.2, 0.25) is 0 Å². The molecule has 12 atom stereocenters. The smallest absolute Gasteiger partial charge is 0.338 e. The number of benzene rings is 7. The van der Waals surface area contributed by atoms with E-state index in [2.05, 4.69) is 150 Å². The number of hydrogen-bond acceptors (Lipinski definition) is 7. The van der Waals surface area contributed by atoms with Crippen molar-refractivity contribution in [2.24, 2.45) is 71.0 Å². The fraction of sp³-hybridized carbons (Fsp3) is 0.378. The largest absolute Gasteiger partial charge is 0.465 e. The predicted molar refractivity (Wildman–Crippen MR) is 323 cm³/mol. The normalized spacial score (nSPS) is 28.8. The number of para-hydroxylation sites is 2. The first-order valence-electron chi connectivity index (χ1n) is 31.0. The van der Waals surface area contributed by atoms with Crippen molar-refractivity contribution in [1.82, 2.24) is 4.57 Å². The number of carbonyl (C=O) groups is 2. The summed E-state index contributed by atoms with van der Waals surface area (Å²) in [6.07, 6.45) is 10.9. The Labute approximate surface area is 480 Å². The molecule has 1 aromatic heterocycles. The lowest BCUT2D eigenvalue weighted by Crippen LogP contribution is -2.87. The van der Waals surface area contributed by atoms with Gasteiger partial charge in [-0.05, 0) is 214 Å². The topological polar surface area (TPSA) is 79.2 Å². The van der Waals surface area contributed by atoms with Crippen molar-refractivity contribution in [2.45, 2.75) is 77.5 Å². The van der Waals surface area contributed by atoms with Gasteiger partial charge in [-0.3, -0.25) is 0 Å². The zero-order valence-corrected chi connectivity index (χ0v) is 47.2. The molecule has 9 aliphatic rings. The van der Waals surface area contributed by atoms with Crippen LogP contribution in [-0.2, 0) is 25.5 Å². The molecule has 2 heterocycles. The van der Waals surface area contributed by atoms with E-state index in [1.807, 2.05) is 12.1 Å². The average molecular weight is 1080 g/mol. The summed E-state index contributed by atoms with van der Waals surface area (Å²) in [5.41, 5.74) is 18.2. The number of fused-ring (bicyclic) bond motifs is 22. The minimum atomic E-state index is -0.461. The highest BCUT2D eigenvalue weighted by Gasteiger charge is 2.87. The molecule has 8 nitrogen and oxygen atoms in total. The summed E-state index contributed by atoms with van der Waals surface area (Å²) < 4.78 is 26.0. The first-order valence-corrected chi connectivity index (χ1v) is 31.0. The second-order valence-electron chi connectivity index (χ2n) is 25.7. The highest BCUT2D eigenvalue weighted by Crippen LogP contribution is 2.91. The van der Waals surface area contributed by atoms with E-state index in [1.54, 1.807) is 5.57 Å².